The van der Waals surface area contributed by atoms with Crippen LogP contribution in [0.4, 0.5) is 11.4 Å². The van der Waals surface area contributed by atoms with Crippen molar-refractivity contribution < 1.29 is 9.66 Å². The molecule has 7 heteroatoms. The number of ether oxygens (including phenoxy) is 1. The van der Waals surface area contributed by atoms with E-state index in [1.54, 1.807) is 12.1 Å². The number of nitriles is 1. The van der Waals surface area contributed by atoms with Crippen molar-refractivity contribution >= 4 is 11.4 Å². The van der Waals surface area contributed by atoms with Gasteiger partial charge in [0.05, 0.1) is 35.3 Å². The molecule has 0 aliphatic carbocycles. The summed E-state index contributed by atoms with van der Waals surface area (Å²) in [6.07, 6.45) is -0.0287. The average Bonchev–Trinajstić information content (AvgIpc) is 2.47. The van der Waals surface area contributed by atoms with Gasteiger partial charge in [0.15, 0.2) is 0 Å². The molecule has 21 heavy (non-hydrogen) atoms. The monoisotopic (exact) mass is 290 g/mol. The van der Waals surface area contributed by atoms with Gasteiger partial charge in [-0.1, -0.05) is 0 Å². The minimum Gasteiger partial charge on any atom is -0.374 e. The van der Waals surface area contributed by atoms with E-state index >= 15 is 0 Å². The maximum atomic E-state index is 11.1. The summed E-state index contributed by atoms with van der Waals surface area (Å²) in [4.78, 5) is 12.8. The van der Waals surface area contributed by atoms with Crippen LogP contribution in [0.3, 0.4) is 0 Å². The Kier molecular flexibility index (Phi) is 4.73. The zero-order valence-corrected chi connectivity index (χ0v) is 12.1. The summed E-state index contributed by atoms with van der Waals surface area (Å²) in [5.41, 5.74) is 0.585. The van der Waals surface area contributed by atoms with Crippen molar-refractivity contribution in [2.24, 2.45) is 0 Å². The lowest BCUT2D eigenvalue weighted by Gasteiger charge is -2.34. The van der Waals surface area contributed by atoms with Gasteiger partial charge in [-0.3, -0.25) is 10.1 Å². The quantitative estimate of drug-likeness (QED) is 0.669. The van der Waals surface area contributed by atoms with Crippen LogP contribution >= 0.6 is 0 Å². The molecule has 1 fully saturated rings. The number of likely N-dealkylation sites (N-methyl/N-ethyl adjacent to an activating group) is 1. The predicted molar refractivity (Wildman–Crippen MR) is 78.1 cm³/mol. The normalized spacial score (nSPS) is 20.5. The molecular formula is C14H18N4O3. The molecule has 112 valence electrons. The van der Waals surface area contributed by atoms with Crippen LogP contribution in [0, 0.1) is 21.4 Å². The fourth-order valence-electron chi connectivity index (χ4n) is 2.33. The van der Waals surface area contributed by atoms with E-state index < -0.39 is 4.92 Å². The molecule has 1 heterocycles. The first-order valence-electron chi connectivity index (χ1n) is 6.76. The summed E-state index contributed by atoms with van der Waals surface area (Å²) in [6, 6.07) is 6.25. The highest BCUT2D eigenvalue weighted by atomic mass is 16.6. The number of nitrogens with one attached hydrogen (secondary N) is 1. The smallest absolute Gasteiger partial charge is 0.293 e. The van der Waals surface area contributed by atoms with Crippen LogP contribution in [0.5, 0.6) is 0 Å². The van der Waals surface area contributed by atoms with Crippen molar-refractivity contribution in [3.63, 3.8) is 0 Å². The standard InChI is InChI=1S/C14H18N4O3/c1-10(14-9-17(2)5-6-21-14)16-12-4-3-11(8-15)7-13(12)18(19)20/h3-4,7,10,14,16H,5-6,9H2,1-2H3. The van der Waals surface area contributed by atoms with Crippen LogP contribution in [-0.4, -0.2) is 48.7 Å². The Morgan fingerprint density at radius 3 is 3.00 bits per heavy atom. The van der Waals surface area contributed by atoms with Crippen molar-refractivity contribution in [3.05, 3.63) is 33.9 Å². The summed E-state index contributed by atoms with van der Waals surface area (Å²) in [5, 5.41) is 23.1. The van der Waals surface area contributed by atoms with Crippen molar-refractivity contribution in [1.82, 2.24) is 4.90 Å². The summed E-state index contributed by atoms with van der Waals surface area (Å²) in [7, 11) is 2.02. The molecule has 1 aliphatic heterocycles. The van der Waals surface area contributed by atoms with Crippen LogP contribution in [0.25, 0.3) is 0 Å². The lowest BCUT2D eigenvalue weighted by molar-refractivity contribution is -0.384. The number of hydrogen-bond acceptors (Lipinski definition) is 6. The highest BCUT2D eigenvalue weighted by Crippen LogP contribution is 2.27. The van der Waals surface area contributed by atoms with Crippen molar-refractivity contribution in [1.29, 1.82) is 5.26 Å². The van der Waals surface area contributed by atoms with Crippen molar-refractivity contribution in [3.8, 4) is 6.07 Å². The molecule has 0 bridgehead atoms. The van der Waals surface area contributed by atoms with Gasteiger partial charge in [0.25, 0.3) is 5.69 Å². The highest BCUT2D eigenvalue weighted by Gasteiger charge is 2.25. The van der Waals surface area contributed by atoms with Crippen LogP contribution in [0.15, 0.2) is 18.2 Å². The fraction of sp³-hybridized carbons (Fsp3) is 0.500. The number of nitro benzene ring substituents is 1. The molecule has 1 aromatic carbocycles. The molecule has 7 nitrogen and oxygen atoms in total. The van der Waals surface area contributed by atoms with Gasteiger partial charge >= 0.3 is 0 Å². The van der Waals surface area contributed by atoms with Gasteiger partial charge in [0, 0.05) is 19.2 Å². The third-order valence-corrected chi connectivity index (χ3v) is 3.56. The van der Waals surface area contributed by atoms with E-state index in [0.29, 0.717) is 12.3 Å². The van der Waals surface area contributed by atoms with Crippen LogP contribution in [-0.2, 0) is 4.74 Å². The molecule has 0 amide bonds. The second-order valence-corrected chi connectivity index (χ2v) is 5.21. The lowest BCUT2D eigenvalue weighted by Crippen LogP contribution is -2.47. The molecule has 1 aromatic rings. The van der Waals surface area contributed by atoms with E-state index in [-0.39, 0.29) is 23.4 Å². The maximum absolute atomic E-state index is 11.1. The molecule has 0 saturated carbocycles. The van der Waals surface area contributed by atoms with Gasteiger partial charge < -0.3 is 15.0 Å². The summed E-state index contributed by atoms with van der Waals surface area (Å²) in [5.74, 6) is 0. The largest absolute Gasteiger partial charge is 0.374 e. The Hall–Kier alpha value is -2.17. The van der Waals surface area contributed by atoms with Gasteiger partial charge in [0.1, 0.15) is 5.69 Å². The molecule has 0 radical (unpaired) electrons. The SMILES string of the molecule is CC(Nc1ccc(C#N)cc1[N+](=O)[O-])C1CN(C)CCO1. The summed E-state index contributed by atoms with van der Waals surface area (Å²) in [6.45, 7) is 4.26. The Labute approximate surface area is 123 Å². The molecule has 0 aromatic heterocycles. The van der Waals surface area contributed by atoms with Crippen LogP contribution in [0.1, 0.15) is 12.5 Å². The van der Waals surface area contributed by atoms with Gasteiger partial charge in [-0.25, -0.2) is 0 Å². The number of nitro groups is 1. The first-order chi connectivity index (χ1) is 10.0. The van der Waals surface area contributed by atoms with Crippen LogP contribution < -0.4 is 5.32 Å². The molecule has 1 N–H and O–H groups in total. The first kappa shape index (κ1) is 15.2. The summed E-state index contributed by atoms with van der Waals surface area (Å²) < 4.78 is 5.70. The number of benzene rings is 1. The topological polar surface area (TPSA) is 91.4 Å². The highest BCUT2D eigenvalue weighted by molar-refractivity contribution is 5.64. The van der Waals surface area contributed by atoms with E-state index in [1.807, 2.05) is 20.0 Å². The number of rotatable bonds is 4. The number of anilines is 1. The Morgan fingerprint density at radius 2 is 2.38 bits per heavy atom. The third kappa shape index (κ3) is 3.68. The number of morpholine rings is 1. The molecule has 1 aliphatic rings. The minimum atomic E-state index is -0.482. The third-order valence-electron chi connectivity index (χ3n) is 3.56. The molecular weight excluding hydrogens is 272 g/mol. The molecule has 2 atom stereocenters. The molecule has 2 unspecified atom stereocenters. The van der Waals surface area contributed by atoms with Gasteiger partial charge in [-0.05, 0) is 26.1 Å². The number of hydrogen-bond donors (Lipinski definition) is 1. The lowest BCUT2D eigenvalue weighted by atomic mass is 10.1. The van der Waals surface area contributed by atoms with E-state index in [9.17, 15) is 10.1 Å². The molecule has 1 saturated heterocycles. The van der Waals surface area contributed by atoms with Gasteiger partial charge in [-0.2, -0.15) is 5.26 Å². The Balaban J connectivity index is 2.15. The first-order valence-corrected chi connectivity index (χ1v) is 6.76. The van der Waals surface area contributed by atoms with Crippen LogP contribution in [0.2, 0.25) is 0 Å². The second-order valence-electron chi connectivity index (χ2n) is 5.21. The zero-order valence-electron chi connectivity index (χ0n) is 12.1. The van der Waals surface area contributed by atoms with Gasteiger partial charge in [0.2, 0.25) is 0 Å². The van der Waals surface area contributed by atoms with Crippen molar-refractivity contribution in [2.45, 2.75) is 19.1 Å². The van der Waals surface area contributed by atoms with Crippen molar-refractivity contribution in [2.75, 3.05) is 32.1 Å². The van der Waals surface area contributed by atoms with E-state index in [2.05, 4.69) is 10.2 Å². The van der Waals surface area contributed by atoms with Gasteiger partial charge in [-0.15, -0.1) is 0 Å². The maximum Gasteiger partial charge on any atom is 0.293 e. The fourth-order valence-corrected chi connectivity index (χ4v) is 2.33. The predicted octanol–water partition coefficient (Wildman–Crippen LogP) is 1.60. The van der Waals surface area contributed by atoms with E-state index in [0.717, 1.165) is 13.1 Å². The van der Waals surface area contributed by atoms with E-state index in [1.165, 1.54) is 6.07 Å². The number of nitrogens with zero attached hydrogens (tertiary/aromatic N) is 3. The summed E-state index contributed by atoms with van der Waals surface area (Å²) >= 11 is 0. The average molecular weight is 290 g/mol. The minimum absolute atomic E-state index is 0.0287. The Morgan fingerprint density at radius 1 is 1.62 bits per heavy atom. The zero-order chi connectivity index (χ0) is 15.4. The molecule has 0 spiro atoms. The van der Waals surface area contributed by atoms with E-state index in [4.69, 9.17) is 10.00 Å². The molecule has 2 rings (SSSR count). The Bertz CT molecular complexity index is 570. The second kappa shape index (κ2) is 6.52.